The summed E-state index contributed by atoms with van der Waals surface area (Å²) in [4.78, 5) is 15.6. The smallest absolute Gasteiger partial charge is 0.132 e. The van der Waals surface area contributed by atoms with Crippen molar-refractivity contribution in [3.8, 4) is 11.3 Å². The lowest BCUT2D eigenvalue weighted by molar-refractivity contribution is 0.413. The minimum absolute atomic E-state index is 0.655. The van der Waals surface area contributed by atoms with Crippen molar-refractivity contribution in [3.63, 3.8) is 0 Å². The van der Waals surface area contributed by atoms with Crippen LogP contribution in [-0.2, 0) is 0 Å². The van der Waals surface area contributed by atoms with Gasteiger partial charge in [0.15, 0.2) is 0 Å². The summed E-state index contributed by atoms with van der Waals surface area (Å²) < 4.78 is 0. The quantitative estimate of drug-likeness (QED) is 0.933. The van der Waals surface area contributed by atoms with Crippen molar-refractivity contribution < 1.29 is 0 Å². The third-order valence-electron chi connectivity index (χ3n) is 4.05. The van der Waals surface area contributed by atoms with E-state index in [1.807, 2.05) is 25.3 Å². The molecule has 0 saturated carbocycles. The molecule has 1 aliphatic rings. The molecule has 3 heterocycles. The zero-order valence-corrected chi connectivity index (χ0v) is 12.4. The van der Waals surface area contributed by atoms with E-state index in [2.05, 4.69) is 25.9 Å². The zero-order valence-electron chi connectivity index (χ0n) is 12.4. The molecule has 2 aromatic rings. The first-order chi connectivity index (χ1) is 10.3. The molecule has 0 amide bonds. The summed E-state index contributed by atoms with van der Waals surface area (Å²) in [5, 5.41) is 0. The first-order valence-corrected chi connectivity index (χ1v) is 7.47. The van der Waals surface area contributed by atoms with E-state index in [9.17, 15) is 0 Å². The molecule has 0 radical (unpaired) electrons. The van der Waals surface area contributed by atoms with Crippen molar-refractivity contribution in [1.82, 2.24) is 15.0 Å². The fraction of sp³-hybridized carbons (Fsp3) is 0.438. The molecule has 110 valence electrons. The first kappa shape index (κ1) is 13.9. The van der Waals surface area contributed by atoms with E-state index >= 15 is 0 Å². The Morgan fingerprint density at radius 1 is 1.29 bits per heavy atom. The van der Waals surface area contributed by atoms with Crippen molar-refractivity contribution in [2.75, 3.05) is 24.5 Å². The van der Waals surface area contributed by atoms with Gasteiger partial charge in [-0.2, -0.15) is 0 Å². The van der Waals surface area contributed by atoms with E-state index in [4.69, 9.17) is 5.73 Å². The van der Waals surface area contributed by atoms with Gasteiger partial charge in [0.2, 0.25) is 0 Å². The van der Waals surface area contributed by atoms with Crippen LogP contribution in [0.25, 0.3) is 11.3 Å². The highest BCUT2D eigenvalue weighted by atomic mass is 15.2. The van der Waals surface area contributed by atoms with Gasteiger partial charge >= 0.3 is 0 Å². The summed E-state index contributed by atoms with van der Waals surface area (Å²) in [6.07, 6.45) is 5.89. The van der Waals surface area contributed by atoms with Gasteiger partial charge in [0.25, 0.3) is 0 Å². The fourth-order valence-corrected chi connectivity index (χ4v) is 2.77. The molecule has 2 N–H and O–H groups in total. The average Bonchev–Trinajstić information content (AvgIpc) is 2.55. The number of nitrogens with zero attached hydrogens (tertiary/aromatic N) is 4. The van der Waals surface area contributed by atoms with Crippen molar-refractivity contribution in [3.05, 3.63) is 36.4 Å². The second kappa shape index (κ2) is 6.18. The third-order valence-corrected chi connectivity index (χ3v) is 4.05. The number of nitrogens with two attached hydrogens (primary N) is 1. The van der Waals surface area contributed by atoms with Crippen LogP contribution in [0, 0.1) is 12.8 Å². The molecule has 0 unspecified atom stereocenters. The van der Waals surface area contributed by atoms with Crippen LogP contribution in [0.5, 0.6) is 0 Å². The molecule has 0 bridgehead atoms. The highest BCUT2D eigenvalue weighted by molar-refractivity contribution is 5.62. The second-order valence-corrected chi connectivity index (χ2v) is 5.57. The summed E-state index contributed by atoms with van der Waals surface area (Å²) in [7, 11) is 0. The Hall–Kier alpha value is -2.01. The molecule has 0 spiro atoms. The zero-order chi connectivity index (χ0) is 14.7. The molecule has 3 rings (SSSR count). The van der Waals surface area contributed by atoms with Crippen LogP contribution in [0.1, 0.15) is 18.7 Å². The van der Waals surface area contributed by atoms with Gasteiger partial charge in [-0.05, 0) is 44.4 Å². The minimum Gasteiger partial charge on any atom is -0.356 e. The van der Waals surface area contributed by atoms with Gasteiger partial charge in [0, 0.05) is 37.1 Å². The van der Waals surface area contributed by atoms with Crippen LogP contribution in [0.3, 0.4) is 0 Å². The highest BCUT2D eigenvalue weighted by Crippen LogP contribution is 2.25. The Morgan fingerprint density at radius 2 is 2.10 bits per heavy atom. The summed E-state index contributed by atoms with van der Waals surface area (Å²) in [5.41, 5.74) is 7.73. The van der Waals surface area contributed by atoms with E-state index in [-0.39, 0.29) is 0 Å². The number of hydrogen-bond acceptors (Lipinski definition) is 5. The largest absolute Gasteiger partial charge is 0.356 e. The maximum Gasteiger partial charge on any atom is 0.132 e. The SMILES string of the molecule is Cc1nc(-c2cccnc2)cc(N2CCC(CN)CC2)n1. The molecule has 5 nitrogen and oxygen atoms in total. The topological polar surface area (TPSA) is 67.9 Å². The molecule has 1 saturated heterocycles. The first-order valence-electron chi connectivity index (χ1n) is 7.47. The van der Waals surface area contributed by atoms with E-state index < -0.39 is 0 Å². The van der Waals surface area contributed by atoms with E-state index in [0.29, 0.717) is 5.92 Å². The monoisotopic (exact) mass is 283 g/mol. The van der Waals surface area contributed by atoms with Crippen LogP contribution in [-0.4, -0.2) is 34.6 Å². The predicted molar refractivity (Wildman–Crippen MR) is 84.0 cm³/mol. The third kappa shape index (κ3) is 3.19. The summed E-state index contributed by atoms with van der Waals surface area (Å²) in [6, 6.07) is 6.02. The molecule has 0 aromatic carbocycles. The van der Waals surface area contributed by atoms with E-state index in [1.165, 1.54) is 0 Å². The fourth-order valence-electron chi connectivity index (χ4n) is 2.77. The Morgan fingerprint density at radius 3 is 2.76 bits per heavy atom. The lowest BCUT2D eigenvalue weighted by Crippen LogP contribution is -2.36. The van der Waals surface area contributed by atoms with Crippen LogP contribution in [0.2, 0.25) is 0 Å². The Bertz CT molecular complexity index is 591. The minimum atomic E-state index is 0.655. The molecule has 1 aliphatic heterocycles. The molecule has 5 heteroatoms. The maximum atomic E-state index is 5.76. The molecular weight excluding hydrogens is 262 g/mol. The van der Waals surface area contributed by atoms with Gasteiger partial charge in [0.05, 0.1) is 5.69 Å². The summed E-state index contributed by atoms with van der Waals surface area (Å²) in [6.45, 7) is 4.77. The van der Waals surface area contributed by atoms with Gasteiger partial charge in [-0.25, -0.2) is 9.97 Å². The van der Waals surface area contributed by atoms with Gasteiger partial charge in [-0.3, -0.25) is 4.98 Å². The maximum absolute atomic E-state index is 5.76. The Kier molecular flexibility index (Phi) is 4.10. The van der Waals surface area contributed by atoms with Crippen LogP contribution >= 0.6 is 0 Å². The molecule has 21 heavy (non-hydrogen) atoms. The van der Waals surface area contributed by atoms with Gasteiger partial charge < -0.3 is 10.6 Å². The summed E-state index contributed by atoms with van der Waals surface area (Å²) in [5.74, 6) is 2.46. The van der Waals surface area contributed by atoms with Crippen molar-refractivity contribution in [2.24, 2.45) is 11.7 Å². The Balaban J connectivity index is 1.85. The van der Waals surface area contributed by atoms with Gasteiger partial charge in [0.1, 0.15) is 11.6 Å². The van der Waals surface area contributed by atoms with Crippen LogP contribution < -0.4 is 10.6 Å². The Labute approximate surface area is 125 Å². The molecular formula is C16H21N5. The standard InChI is InChI=1S/C16H21N5/c1-12-19-15(14-3-2-6-18-11-14)9-16(20-12)21-7-4-13(10-17)5-8-21/h2-3,6,9,11,13H,4-5,7-8,10,17H2,1H3. The lowest BCUT2D eigenvalue weighted by Gasteiger charge is -2.32. The number of aryl methyl sites for hydroxylation is 1. The number of pyridine rings is 1. The number of hydrogen-bond donors (Lipinski definition) is 1. The van der Waals surface area contributed by atoms with Crippen molar-refractivity contribution >= 4 is 5.82 Å². The predicted octanol–water partition coefficient (Wildman–Crippen LogP) is 2.02. The van der Waals surface area contributed by atoms with Crippen LogP contribution in [0.15, 0.2) is 30.6 Å². The van der Waals surface area contributed by atoms with Crippen molar-refractivity contribution in [2.45, 2.75) is 19.8 Å². The number of rotatable bonds is 3. The highest BCUT2D eigenvalue weighted by Gasteiger charge is 2.20. The van der Waals surface area contributed by atoms with Crippen LogP contribution in [0.4, 0.5) is 5.82 Å². The molecule has 2 aromatic heterocycles. The number of aromatic nitrogens is 3. The summed E-state index contributed by atoms with van der Waals surface area (Å²) >= 11 is 0. The van der Waals surface area contributed by atoms with E-state index in [1.54, 1.807) is 6.20 Å². The van der Waals surface area contributed by atoms with Gasteiger partial charge in [-0.1, -0.05) is 0 Å². The molecule has 1 fully saturated rings. The lowest BCUT2D eigenvalue weighted by atomic mass is 9.97. The second-order valence-electron chi connectivity index (χ2n) is 5.57. The van der Waals surface area contributed by atoms with Gasteiger partial charge in [-0.15, -0.1) is 0 Å². The number of anilines is 1. The normalized spacial score (nSPS) is 16.2. The average molecular weight is 283 g/mol. The molecule has 0 aliphatic carbocycles. The number of piperidine rings is 1. The molecule has 0 atom stereocenters. The van der Waals surface area contributed by atoms with E-state index in [0.717, 1.165) is 55.4 Å². The van der Waals surface area contributed by atoms with Crippen molar-refractivity contribution in [1.29, 1.82) is 0 Å².